The molecule has 0 atom stereocenters. The van der Waals surface area contributed by atoms with Crippen molar-refractivity contribution in [3.8, 4) is 17.2 Å². The van der Waals surface area contributed by atoms with E-state index >= 15 is 0 Å². The molecule has 0 bridgehead atoms. The van der Waals surface area contributed by atoms with E-state index in [9.17, 15) is 23.9 Å². The average Bonchev–Trinajstić information content (AvgIpc) is 3.33. The number of β-amino-alcohol motifs (C(OH)–C–C–N with tert-alkyl or cyclic N) is 1. The number of carbonyl (C=O) groups excluding carboxylic acids is 3. The molecule has 5 rings (SSSR count). The van der Waals surface area contributed by atoms with Gasteiger partial charge >= 0.3 is 0 Å². The first kappa shape index (κ1) is 28.7. The number of hydrogen-bond acceptors (Lipinski definition) is 8. The maximum absolute atomic E-state index is 14.9. The van der Waals surface area contributed by atoms with Gasteiger partial charge in [0.15, 0.2) is 11.6 Å². The smallest absolute Gasteiger partial charge is 0.264 e. The van der Waals surface area contributed by atoms with Crippen molar-refractivity contribution in [3.63, 3.8) is 0 Å². The zero-order chi connectivity index (χ0) is 27.5. The third kappa shape index (κ3) is 6.30. The number of aliphatic hydroxyl groups is 1. The van der Waals surface area contributed by atoms with E-state index in [1.54, 1.807) is 36.4 Å². The molecule has 40 heavy (non-hydrogen) atoms. The molecule has 3 amide bonds. The molecule has 2 aromatic carbocycles. The summed E-state index contributed by atoms with van der Waals surface area (Å²) in [6, 6.07) is 13.9. The van der Waals surface area contributed by atoms with E-state index in [2.05, 4.69) is 15.6 Å². The van der Waals surface area contributed by atoms with Gasteiger partial charge in [0.2, 0.25) is 11.8 Å². The Morgan fingerprint density at radius 2 is 1.80 bits per heavy atom. The number of amides is 3. The number of nitrogens with zero attached hydrogens (tertiary/aromatic N) is 2. The van der Waals surface area contributed by atoms with Crippen molar-refractivity contribution >= 4 is 63.1 Å². The van der Waals surface area contributed by atoms with E-state index in [0.717, 1.165) is 6.07 Å². The summed E-state index contributed by atoms with van der Waals surface area (Å²) < 4.78 is 26.4. The third-order valence-corrected chi connectivity index (χ3v) is 7.00. The summed E-state index contributed by atoms with van der Waals surface area (Å²) in [4.78, 5) is 43.5. The highest BCUT2D eigenvalue weighted by Crippen LogP contribution is 2.37. The molecule has 0 spiro atoms. The predicted octanol–water partition coefficient (Wildman–Crippen LogP) is 4.44. The van der Waals surface area contributed by atoms with E-state index in [1.807, 2.05) is 0 Å². The summed E-state index contributed by atoms with van der Waals surface area (Å²) in [5.74, 6) is -1.46. The molecule has 1 aliphatic rings. The van der Waals surface area contributed by atoms with Gasteiger partial charge in [0, 0.05) is 37.1 Å². The van der Waals surface area contributed by atoms with Gasteiger partial charge in [0.25, 0.3) is 5.91 Å². The number of nitrogens with one attached hydrogen (secondary N) is 2. The van der Waals surface area contributed by atoms with Crippen LogP contribution in [0.3, 0.4) is 0 Å². The molecule has 10 nitrogen and oxygen atoms in total. The molecule has 1 aliphatic heterocycles. The predicted molar refractivity (Wildman–Crippen MR) is 150 cm³/mol. The van der Waals surface area contributed by atoms with E-state index in [1.165, 1.54) is 41.7 Å². The largest absolute Gasteiger partial charge is 0.495 e. The first-order valence-electron chi connectivity index (χ1n) is 11.9. The van der Waals surface area contributed by atoms with Gasteiger partial charge in [-0.3, -0.25) is 19.4 Å². The van der Waals surface area contributed by atoms with Crippen LogP contribution in [0, 0.1) is 5.82 Å². The van der Waals surface area contributed by atoms with Gasteiger partial charge in [0.1, 0.15) is 17.9 Å². The Morgan fingerprint density at radius 3 is 2.52 bits per heavy atom. The van der Waals surface area contributed by atoms with Crippen LogP contribution in [-0.2, 0) is 9.59 Å². The van der Waals surface area contributed by atoms with Crippen LogP contribution in [0.2, 0.25) is 0 Å². The number of benzene rings is 2. The Morgan fingerprint density at radius 1 is 1.05 bits per heavy atom. The lowest BCUT2D eigenvalue weighted by molar-refractivity contribution is -0.123. The van der Waals surface area contributed by atoms with Crippen LogP contribution in [0.5, 0.6) is 17.2 Å². The quantitative estimate of drug-likeness (QED) is 0.260. The number of ether oxygens (including phenoxy) is 2. The summed E-state index contributed by atoms with van der Waals surface area (Å²) in [5, 5.41) is 14.6. The van der Waals surface area contributed by atoms with Gasteiger partial charge in [-0.25, -0.2) is 4.39 Å². The molecule has 1 saturated heterocycles. The molecule has 4 aromatic rings. The SMILES string of the molecule is COc1ccccc1NC(=O)CC(=O)Nc1ccc(Oc2ccnc3cc(C(=O)N4CC(O)C4)sc23)c(F)c1.Cl. The molecule has 3 heterocycles. The van der Waals surface area contributed by atoms with Gasteiger partial charge in [-0.05, 0) is 30.3 Å². The van der Waals surface area contributed by atoms with Crippen molar-refractivity contribution in [2.24, 2.45) is 0 Å². The molecule has 208 valence electrons. The first-order chi connectivity index (χ1) is 18.8. The molecular formula is C27H24ClFN4O6S. The van der Waals surface area contributed by atoms with Gasteiger partial charge in [-0.2, -0.15) is 0 Å². The van der Waals surface area contributed by atoms with Crippen LogP contribution in [0.25, 0.3) is 10.2 Å². The fraction of sp³-hybridized carbons (Fsp3) is 0.185. The van der Waals surface area contributed by atoms with Crippen molar-refractivity contribution in [2.45, 2.75) is 12.5 Å². The van der Waals surface area contributed by atoms with Crippen molar-refractivity contribution in [3.05, 3.63) is 71.5 Å². The molecule has 13 heteroatoms. The van der Waals surface area contributed by atoms with Crippen molar-refractivity contribution in [2.75, 3.05) is 30.8 Å². The van der Waals surface area contributed by atoms with E-state index < -0.39 is 30.2 Å². The number of likely N-dealkylation sites (tertiary alicyclic amines) is 1. The molecule has 1 fully saturated rings. The minimum atomic E-state index is -0.737. The number of rotatable bonds is 8. The highest BCUT2D eigenvalue weighted by atomic mass is 35.5. The number of para-hydroxylation sites is 2. The van der Waals surface area contributed by atoms with Crippen LogP contribution in [0.15, 0.2) is 60.8 Å². The molecule has 0 aliphatic carbocycles. The Hall–Kier alpha value is -4.26. The fourth-order valence-electron chi connectivity index (χ4n) is 3.95. The number of aliphatic hydroxyl groups excluding tert-OH is 1. The Bertz CT molecular complexity index is 1580. The van der Waals surface area contributed by atoms with Crippen molar-refractivity contribution < 1.29 is 33.4 Å². The number of thiophene rings is 1. The van der Waals surface area contributed by atoms with E-state index in [-0.39, 0.29) is 42.8 Å². The second-order valence-corrected chi connectivity index (χ2v) is 9.77. The molecule has 0 unspecified atom stereocenters. The number of anilines is 2. The first-order valence-corrected chi connectivity index (χ1v) is 12.7. The average molecular weight is 587 g/mol. The number of aromatic nitrogens is 1. The Labute approximate surface area is 238 Å². The second-order valence-electron chi connectivity index (χ2n) is 8.72. The van der Waals surface area contributed by atoms with Crippen LogP contribution in [-0.4, -0.2) is 59.0 Å². The summed E-state index contributed by atoms with van der Waals surface area (Å²) in [6.45, 7) is 0.564. The molecule has 0 saturated carbocycles. The van der Waals surface area contributed by atoms with Crippen LogP contribution in [0.1, 0.15) is 16.1 Å². The number of fused-ring (bicyclic) bond motifs is 1. The van der Waals surface area contributed by atoms with Gasteiger partial charge in [-0.15, -0.1) is 23.7 Å². The number of halogens is 2. The highest BCUT2D eigenvalue weighted by Gasteiger charge is 2.30. The van der Waals surface area contributed by atoms with Crippen molar-refractivity contribution in [1.82, 2.24) is 9.88 Å². The number of hydrogen-bond donors (Lipinski definition) is 3. The fourth-order valence-corrected chi connectivity index (χ4v) is 4.98. The maximum Gasteiger partial charge on any atom is 0.264 e. The molecular weight excluding hydrogens is 563 g/mol. The normalized spacial score (nSPS) is 12.7. The maximum atomic E-state index is 14.9. The van der Waals surface area contributed by atoms with Crippen LogP contribution < -0.4 is 20.1 Å². The van der Waals surface area contributed by atoms with Crippen LogP contribution in [0.4, 0.5) is 15.8 Å². The Kier molecular flexibility index (Phi) is 8.83. The van der Waals surface area contributed by atoms with E-state index in [0.29, 0.717) is 32.3 Å². The van der Waals surface area contributed by atoms with Crippen molar-refractivity contribution in [1.29, 1.82) is 0 Å². The minimum absolute atomic E-state index is 0. The van der Waals surface area contributed by atoms with Gasteiger partial charge < -0.3 is 30.1 Å². The standard InChI is InChI=1S/C27H23FN4O6S.ClH/c1-37-21-5-3-2-4-18(21)31-25(35)12-24(34)30-15-6-7-20(17(28)10-15)38-22-8-9-29-19-11-23(39-26(19)22)27(36)32-13-16(33)14-32;/h2-11,16,33H,12-14H2,1H3,(H,30,34)(H,31,35);1H. The molecule has 3 N–H and O–H groups in total. The number of methoxy groups -OCH3 is 1. The summed E-state index contributed by atoms with van der Waals surface area (Å²) >= 11 is 1.17. The zero-order valence-corrected chi connectivity index (χ0v) is 22.7. The van der Waals surface area contributed by atoms with E-state index in [4.69, 9.17) is 9.47 Å². The summed E-state index contributed by atoms with van der Waals surface area (Å²) in [6.07, 6.45) is 0.503. The molecule has 2 aromatic heterocycles. The van der Waals surface area contributed by atoms with Gasteiger partial charge in [0.05, 0.1) is 34.0 Å². The monoisotopic (exact) mass is 586 g/mol. The highest BCUT2D eigenvalue weighted by molar-refractivity contribution is 7.21. The second kappa shape index (κ2) is 12.3. The summed E-state index contributed by atoms with van der Waals surface area (Å²) in [5.41, 5.74) is 1.10. The summed E-state index contributed by atoms with van der Waals surface area (Å²) in [7, 11) is 1.47. The topological polar surface area (TPSA) is 130 Å². The number of carbonyl (C=O) groups is 3. The zero-order valence-electron chi connectivity index (χ0n) is 21.0. The third-order valence-electron chi connectivity index (χ3n) is 5.87. The van der Waals surface area contributed by atoms with Gasteiger partial charge in [-0.1, -0.05) is 12.1 Å². The lowest BCUT2D eigenvalue weighted by Crippen LogP contribution is -2.53. The number of pyridine rings is 1. The Balaban J connectivity index is 0.00000370. The lowest BCUT2D eigenvalue weighted by atomic mass is 10.1. The van der Waals surface area contributed by atoms with Crippen LogP contribution >= 0.6 is 23.7 Å². The minimum Gasteiger partial charge on any atom is -0.495 e. The lowest BCUT2D eigenvalue weighted by Gasteiger charge is -2.35. The molecule has 0 radical (unpaired) electrons.